The molecule has 35 heavy (non-hydrogen) atoms. The van der Waals surface area contributed by atoms with Gasteiger partial charge in [0.05, 0.1) is 11.7 Å². The van der Waals surface area contributed by atoms with Gasteiger partial charge in [-0.3, -0.25) is 14.4 Å². The van der Waals surface area contributed by atoms with Crippen LogP contribution in [-0.4, -0.2) is 40.2 Å². The number of carbonyl (C=O) groups excluding carboxylic acids is 3. The number of aromatic amines is 1. The first kappa shape index (κ1) is 22.7. The zero-order valence-corrected chi connectivity index (χ0v) is 20.7. The molecular formula is C29H34N2O4. The van der Waals surface area contributed by atoms with Crippen molar-refractivity contribution in [2.75, 3.05) is 0 Å². The fraction of sp³-hybridized carbons (Fsp3) is 0.552. The van der Waals surface area contributed by atoms with Crippen LogP contribution in [-0.2, 0) is 25.5 Å². The molecule has 6 nitrogen and oxygen atoms in total. The van der Waals surface area contributed by atoms with E-state index in [1.54, 1.807) is 0 Å². The molecule has 3 fully saturated rings. The topological polar surface area (TPSA) is 91.6 Å². The molecular weight excluding hydrogens is 440 g/mol. The zero-order chi connectivity index (χ0) is 24.5. The second kappa shape index (κ2) is 7.89. The molecule has 2 aromatic rings. The number of amides is 1. The summed E-state index contributed by atoms with van der Waals surface area (Å²) in [6, 6.07) is 7.99. The van der Waals surface area contributed by atoms with E-state index in [-0.39, 0.29) is 71.7 Å². The predicted molar refractivity (Wildman–Crippen MR) is 133 cm³/mol. The number of carbonyl (C=O) groups is 3. The Balaban J connectivity index is 1.45. The fourth-order valence-corrected chi connectivity index (χ4v) is 7.55. The van der Waals surface area contributed by atoms with Gasteiger partial charge >= 0.3 is 0 Å². The lowest BCUT2D eigenvalue weighted by molar-refractivity contribution is -0.149. The SMILES string of the molecule is CC1CC=CC2C3OC3(C)C(C)C3C(Cc4c[nH]c5ccccc45)NC(=O)C23C(=O)CCC(=O)C1. The van der Waals surface area contributed by atoms with Crippen LogP contribution in [0.5, 0.6) is 0 Å². The number of para-hydroxylation sites is 1. The number of benzene rings is 1. The second-order valence-corrected chi connectivity index (χ2v) is 11.5. The van der Waals surface area contributed by atoms with Crippen molar-refractivity contribution in [1.29, 1.82) is 0 Å². The second-order valence-electron chi connectivity index (χ2n) is 11.5. The number of hydrogen-bond acceptors (Lipinski definition) is 4. The highest BCUT2D eigenvalue weighted by Gasteiger charge is 2.78. The molecule has 1 saturated carbocycles. The standard InChI is InChI=1S/C29H34N2O4/c1-16-7-6-9-21-26-28(3,35-26)17(2)25-23(14-18-15-30-22-10-5-4-8-20(18)22)31-27(34)29(21,25)24(33)12-11-19(32)13-16/h4-6,8-10,15-17,21,23,25-26,30H,7,11-14H2,1-3H3,(H,31,34). The lowest BCUT2D eigenvalue weighted by Gasteiger charge is -2.46. The van der Waals surface area contributed by atoms with E-state index in [0.717, 1.165) is 22.9 Å². The molecule has 2 N–H and O–H groups in total. The third-order valence-electron chi connectivity index (χ3n) is 9.50. The van der Waals surface area contributed by atoms with Crippen molar-refractivity contribution in [3.8, 4) is 0 Å². The molecule has 8 unspecified atom stereocenters. The van der Waals surface area contributed by atoms with Crippen LogP contribution in [0.1, 0.15) is 52.0 Å². The fourth-order valence-electron chi connectivity index (χ4n) is 7.55. The summed E-state index contributed by atoms with van der Waals surface area (Å²) in [5.74, 6) is -0.442. The van der Waals surface area contributed by atoms with E-state index in [4.69, 9.17) is 4.74 Å². The van der Waals surface area contributed by atoms with Gasteiger partial charge in [-0.05, 0) is 43.2 Å². The molecule has 8 atom stereocenters. The quantitative estimate of drug-likeness (QED) is 0.389. The molecule has 3 heterocycles. The van der Waals surface area contributed by atoms with Crippen LogP contribution in [0.25, 0.3) is 10.9 Å². The van der Waals surface area contributed by atoms with Crippen LogP contribution >= 0.6 is 0 Å². The molecule has 4 aliphatic rings. The Morgan fingerprint density at radius 2 is 1.91 bits per heavy atom. The maximum atomic E-state index is 14.1. The number of Topliss-reactive ketones (excluding diaryl/α,β-unsaturated/α-hetero) is 2. The zero-order valence-electron chi connectivity index (χ0n) is 20.7. The molecule has 1 spiro atoms. The summed E-state index contributed by atoms with van der Waals surface area (Å²) >= 11 is 0. The summed E-state index contributed by atoms with van der Waals surface area (Å²) in [6.07, 6.45) is 8.23. The number of ether oxygens (including phenoxy) is 1. The molecule has 6 rings (SSSR count). The van der Waals surface area contributed by atoms with Crippen molar-refractivity contribution in [2.24, 2.45) is 29.1 Å². The number of epoxide rings is 1. The Kier molecular flexibility index (Phi) is 5.12. The minimum atomic E-state index is -1.19. The van der Waals surface area contributed by atoms with Crippen LogP contribution in [0.3, 0.4) is 0 Å². The van der Waals surface area contributed by atoms with Crippen LogP contribution < -0.4 is 5.32 Å². The Hall–Kier alpha value is -2.73. The van der Waals surface area contributed by atoms with E-state index in [2.05, 4.69) is 49.3 Å². The molecule has 2 aliphatic heterocycles. The normalized spacial score (nSPS) is 41.1. The number of fused-ring (bicyclic) bond motifs is 3. The number of rotatable bonds is 2. The van der Waals surface area contributed by atoms with Gasteiger partial charge in [-0.2, -0.15) is 0 Å². The summed E-state index contributed by atoms with van der Waals surface area (Å²) in [6.45, 7) is 6.34. The first-order chi connectivity index (χ1) is 16.8. The van der Waals surface area contributed by atoms with Gasteiger partial charge < -0.3 is 15.0 Å². The molecule has 1 aromatic heterocycles. The highest BCUT2D eigenvalue weighted by molar-refractivity contribution is 6.10. The summed E-state index contributed by atoms with van der Waals surface area (Å²) in [5, 5.41) is 4.42. The predicted octanol–water partition coefficient (Wildman–Crippen LogP) is 4.14. The van der Waals surface area contributed by atoms with Crippen LogP contribution in [0.4, 0.5) is 0 Å². The number of hydrogen-bond donors (Lipinski definition) is 2. The first-order valence-corrected chi connectivity index (χ1v) is 13.0. The lowest BCUT2D eigenvalue weighted by Crippen LogP contribution is -2.58. The minimum Gasteiger partial charge on any atom is -0.365 e. The molecule has 0 bridgehead atoms. The maximum Gasteiger partial charge on any atom is 0.235 e. The third kappa shape index (κ3) is 3.22. The van der Waals surface area contributed by atoms with Gasteiger partial charge in [-0.1, -0.05) is 44.2 Å². The minimum absolute atomic E-state index is 0.0232. The van der Waals surface area contributed by atoms with Crippen LogP contribution in [0.2, 0.25) is 0 Å². The summed E-state index contributed by atoms with van der Waals surface area (Å²) < 4.78 is 6.32. The number of allylic oxidation sites excluding steroid dienone is 1. The van der Waals surface area contributed by atoms with Gasteiger partial charge in [-0.15, -0.1) is 0 Å². The van der Waals surface area contributed by atoms with Crippen molar-refractivity contribution < 1.29 is 19.1 Å². The highest BCUT2D eigenvalue weighted by atomic mass is 16.6. The molecule has 2 saturated heterocycles. The van der Waals surface area contributed by atoms with Gasteiger partial charge in [0.25, 0.3) is 0 Å². The van der Waals surface area contributed by atoms with Gasteiger partial charge in [0, 0.05) is 54.2 Å². The number of aromatic nitrogens is 1. The van der Waals surface area contributed by atoms with Crippen LogP contribution in [0, 0.1) is 29.1 Å². The summed E-state index contributed by atoms with van der Waals surface area (Å²) in [5.41, 5.74) is 0.659. The largest absolute Gasteiger partial charge is 0.365 e. The van der Waals surface area contributed by atoms with Crippen molar-refractivity contribution in [2.45, 2.75) is 70.6 Å². The van der Waals surface area contributed by atoms with E-state index in [1.165, 1.54) is 0 Å². The van der Waals surface area contributed by atoms with Crippen molar-refractivity contribution in [3.05, 3.63) is 48.2 Å². The Morgan fingerprint density at radius 1 is 1.11 bits per heavy atom. The smallest absolute Gasteiger partial charge is 0.235 e. The average molecular weight is 475 g/mol. The lowest BCUT2D eigenvalue weighted by atomic mass is 9.51. The Morgan fingerprint density at radius 3 is 2.74 bits per heavy atom. The highest BCUT2D eigenvalue weighted by Crippen LogP contribution is 2.66. The van der Waals surface area contributed by atoms with Crippen molar-refractivity contribution in [1.82, 2.24) is 10.3 Å². The molecule has 6 heteroatoms. The number of H-pyrrole nitrogens is 1. The molecule has 0 radical (unpaired) electrons. The summed E-state index contributed by atoms with van der Waals surface area (Å²) in [7, 11) is 0. The van der Waals surface area contributed by atoms with E-state index in [1.807, 2.05) is 24.4 Å². The molecule has 1 aromatic carbocycles. The monoisotopic (exact) mass is 474 g/mol. The molecule has 184 valence electrons. The van der Waals surface area contributed by atoms with E-state index in [0.29, 0.717) is 12.8 Å². The van der Waals surface area contributed by atoms with E-state index < -0.39 is 5.41 Å². The summed E-state index contributed by atoms with van der Waals surface area (Å²) in [4.78, 5) is 44.0. The first-order valence-electron chi connectivity index (χ1n) is 13.0. The molecule has 2 aliphatic carbocycles. The van der Waals surface area contributed by atoms with E-state index in [9.17, 15) is 14.4 Å². The van der Waals surface area contributed by atoms with Crippen LogP contribution in [0.15, 0.2) is 42.6 Å². The average Bonchev–Trinajstić information content (AvgIpc) is 3.23. The van der Waals surface area contributed by atoms with Crippen molar-refractivity contribution in [3.63, 3.8) is 0 Å². The number of ketones is 2. The van der Waals surface area contributed by atoms with Crippen molar-refractivity contribution >= 4 is 28.4 Å². The number of nitrogens with one attached hydrogen (secondary N) is 2. The Bertz CT molecular complexity index is 1250. The maximum absolute atomic E-state index is 14.1. The van der Waals surface area contributed by atoms with Gasteiger partial charge in [-0.25, -0.2) is 0 Å². The Labute approximate surface area is 205 Å². The van der Waals surface area contributed by atoms with Gasteiger partial charge in [0.1, 0.15) is 17.0 Å². The molecule has 1 amide bonds. The van der Waals surface area contributed by atoms with E-state index >= 15 is 0 Å². The van der Waals surface area contributed by atoms with Gasteiger partial charge in [0.2, 0.25) is 5.91 Å². The third-order valence-corrected chi connectivity index (χ3v) is 9.50. The van der Waals surface area contributed by atoms with Gasteiger partial charge in [0.15, 0.2) is 0 Å².